The third-order valence-electron chi connectivity index (χ3n) is 8.39. The number of aromatic nitrogens is 1. The molecule has 1 aromatic heterocycles. The molecule has 0 unspecified atom stereocenters. The van der Waals surface area contributed by atoms with Crippen molar-refractivity contribution in [3.8, 4) is 0 Å². The van der Waals surface area contributed by atoms with Gasteiger partial charge in [-0.25, -0.2) is 13.4 Å². The molecule has 256 valence electrons. The van der Waals surface area contributed by atoms with Crippen molar-refractivity contribution in [3.63, 3.8) is 0 Å². The van der Waals surface area contributed by atoms with Crippen LogP contribution < -0.4 is 0 Å². The Labute approximate surface area is 296 Å². The molecule has 5 atom stereocenters. The van der Waals surface area contributed by atoms with Gasteiger partial charge in [0.25, 0.3) is 0 Å². The van der Waals surface area contributed by atoms with E-state index in [1.54, 1.807) is 6.07 Å². The molecule has 0 aliphatic carbocycles. The molecule has 50 heavy (non-hydrogen) atoms. The van der Waals surface area contributed by atoms with Gasteiger partial charge in [0.2, 0.25) is 14.2 Å². The quantitative estimate of drug-likeness (QED) is 0.114. The van der Waals surface area contributed by atoms with Crippen LogP contribution in [-0.4, -0.2) is 43.4 Å². The Balaban J connectivity index is 1.29. The average Bonchev–Trinajstić information content (AvgIpc) is 3.62. The number of hydrogen-bond donors (Lipinski definition) is 0. The molecule has 10 heteroatoms. The lowest BCUT2D eigenvalue weighted by molar-refractivity contribution is -0.311. The maximum atomic E-state index is 14.7. The Kier molecular flexibility index (Phi) is 11.1. The van der Waals surface area contributed by atoms with Crippen molar-refractivity contribution in [1.29, 1.82) is 0 Å². The number of ether oxygens (including phenoxy) is 5. The molecular weight excluding hydrogens is 671 g/mol. The van der Waals surface area contributed by atoms with Crippen LogP contribution in [0.1, 0.15) is 22.3 Å². The van der Waals surface area contributed by atoms with E-state index in [9.17, 15) is 8.42 Å². The molecule has 0 bridgehead atoms. The first-order valence-corrected chi connectivity index (χ1v) is 18.8. The smallest absolute Gasteiger partial charge is 0.234 e. The molecule has 0 amide bonds. The summed E-state index contributed by atoms with van der Waals surface area (Å²) in [7, 11) is -4.26. The van der Waals surface area contributed by atoms with Crippen LogP contribution in [0.2, 0.25) is 0 Å². The second-order valence-electron chi connectivity index (χ2n) is 11.9. The summed E-state index contributed by atoms with van der Waals surface area (Å²) in [5.41, 5.74) is 2.68. The summed E-state index contributed by atoms with van der Waals surface area (Å²) in [4.78, 5) is 4.53. The van der Waals surface area contributed by atoms with Crippen LogP contribution in [0, 0.1) is 0 Å². The predicted octanol–water partition coefficient (Wildman–Crippen LogP) is 7.73. The minimum atomic E-state index is -4.26. The van der Waals surface area contributed by atoms with Crippen LogP contribution >= 0.6 is 11.3 Å². The van der Waals surface area contributed by atoms with E-state index < -0.39 is 39.9 Å². The number of para-hydroxylation sites is 1. The molecule has 1 saturated heterocycles. The van der Waals surface area contributed by atoms with Crippen molar-refractivity contribution in [2.24, 2.45) is 0 Å². The van der Waals surface area contributed by atoms with Gasteiger partial charge < -0.3 is 23.7 Å². The van der Waals surface area contributed by atoms with Gasteiger partial charge in [-0.2, -0.15) is 0 Å². The number of nitrogens with zero attached hydrogens (tertiary/aromatic N) is 1. The van der Waals surface area contributed by atoms with Gasteiger partial charge in [-0.05, 0) is 34.4 Å². The lowest BCUT2D eigenvalue weighted by Gasteiger charge is -2.45. The van der Waals surface area contributed by atoms with E-state index >= 15 is 0 Å². The maximum absolute atomic E-state index is 14.7. The number of rotatable bonds is 14. The van der Waals surface area contributed by atoms with Gasteiger partial charge in [-0.1, -0.05) is 133 Å². The van der Waals surface area contributed by atoms with E-state index in [1.165, 1.54) is 0 Å². The first-order valence-electron chi connectivity index (χ1n) is 16.4. The molecule has 6 aromatic rings. The number of fused-ring (bicyclic) bond motifs is 1. The SMILES string of the molecule is O=S(=O)(c1nc2ccccc2s1)[C@H]1O[C@H](OCc2ccccc2)[C@H](OCc2ccccc2)[C@@H](OCc2ccccc2)[C@H]1OCc1ccccc1. The largest absolute Gasteiger partial charge is 0.368 e. The number of benzene rings is 5. The molecule has 1 fully saturated rings. The summed E-state index contributed by atoms with van der Waals surface area (Å²) in [6.07, 6.45) is -4.05. The normalized spacial score (nSPS) is 20.9. The number of sulfone groups is 1. The summed E-state index contributed by atoms with van der Waals surface area (Å²) in [6.45, 7) is 0.672. The molecule has 5 aromatic carbocycles. The first-order chi connectivity index (χ1) is 24.5. The maximum Gasteiger partial charge on any atom is 0.234 e. The van der Waals surface area contributed by atoms with Gasteiger partial charge in [0.05, 0.1) is 36.6 Å². The Hall–Kier alpha value is -4.26. The van der Waals surface area contributed by atoms with Gasteiger partial charge in [-0.3, -0.25) is 0 Å². The molecule has 1 aliphatic rings. The van der Waals surface area contributed by atoms with Crippen LogP contribution in [0.4, 0.5) is 0 Å². The van der Waals surface area contributed by atoms with E-state index in [2.05, 4.69) is 4.98 Å². The van der Waals surface area contributed by atoms with Gasteiger partial charge >= 0.3 is 0 Å². The van der Waals surface area contributed by atoms with Gasteiger partial charge in [0.15, 0.2) is 11.7 Å². The van der Waals surface area contributed by atoms with Crippen LogP contribution in [0.25, 0.3) is 10.2 Å². The van der Waals surface area contributed by atoms with Crippen molar-refractivity contribution in [2.75, 3.05) is 0 Å². The van der Waals surface area contributed by atoms with E-state index in [-0.39, 0.29) is 30.8 Å². The molecule has 0 N–H and O–H groups in total. The second-order valence-corrected chi connectivity index (χ2v) is 15.2. The van der Waals surface area contributed by atoms with E-state index in [0.29, 0.717) is 5.52 Å². The van der Waals surface area contributed by atoms with Gasteiger partial charge in [0.1, 0.15) is 18.3 Å². The predicted molar refractivity (Wildman–Crippen MR) is 192 cm³/mol. The van der Waals surface area contributed by atoms with E-state index in [1.807, 2.05) is 140 Å². The zero-order valence-electron chi connectivity index (χ0n) is 27.2. The first kappa shape index (κ1) is 34.2. The molecule has 2 heterocycles. The van der Waals surface area contributed by atoms with Crippen molar-refractivity contribution >= 4 is 31.4 Å². The van der Waals surface area contributed by atoms with Crippen molar-refractivity contribution in [2.45, 2.75) is 60.8 Å². The number of thiazole rings is 1. The molecule has 7 rings (SSSR count). The summed E-state index contributed by atoms with van der Waals surface area (Å²) >= 11 is 1.10. The van der Waals surface area contributed by atoms with Crippen LogP contribution in [-0.2, 0) is 59.9 Å². The minimum absolute atomic E-state index is 0.0655. The molecule has 0 radical (unpaired) electrons. The fraction of sp³-hybridized carbons (Fsp3) is 0.225. The van der Waals surface area contributed by atoms with Crippen molar-refractivity contribution < 1.29 is 32.1 Å². The number of hydrogen-bond acceptors (Lipinski definition) is 9. The highest BCUT2D eigenvalue weighted by Gasteiger charge is 2.54. The Morgan fingerprint density at radius 3 is 1.44 bits per heavy atom. The fourth-order valence-electron chi connectivity index (χ4n) is 5.83. The summed E-state index contributed by atoms with van der Waals surface area (Å²) in [6, 6.07) is 46.0. The van der Waals surface area contributed by atoms with Gasteiger partial charge in [-0.15, -0.1) is 11.3 Å². The second kappa shape index (κ2) is 16.2. The molecule has 1 aliphatic heterocycles. The van der Waals surface area contributed by atoms with Crippen molar-refractivity contribution in [3.05, 3.63) is 168 Å². The Morgan fingerprint density at radius 1 is 0.520 bits per heavy atom. The molecule has 0 spiro atoms. The Bertz CT molecular complexity index is 2010. The lowest BCUT2D eigenvalue weighted by Crippen LogP contribution is -2.62. The highest BCUT2D eigenvalue weighted by molar-refractivity contribution is 7.94. The topological polar surface area (TPSA) is 93.2 Å². The van der Waals surface area contributed by atoms with E-state index in [0.717, 1.165) is 38.3 Å². The molecule has 0 saturated carbocycles. The standard InChI is InChI=1S/C40H37NO7S2/c42-50(43,40-41-33-23-13-14-24-34(33)49-40)39-37(46-27-31-19-9-3-10-20-31)35(44-25-29-15-5-1-6-16-29)36(45-26-30-17-7-2-8-18-30)38(48-39)47-28-32-21-11-4-12-22-32/h1-24,35-39H,25-28H2/t35-,36-,37-,38+,39-/m1/s1. The fourth-order valence-corrected chi connectivity index (χ4v) is 8.81. The summed E-state index contributed by atoms with van der Waals surface area (Å²) < 4.78 is 62.9. The summed E-state index contributed by atoms with van der Waals surface area (Å²) in [5.74, 6) is 0. The third-order valence-corrected chi connectivity index (χ3v) is 11.7. The lowest BCUT2D eigenvalue weighted by atomic mass is 10.0. The van der Waals surface area contributed by atoms with Crippen LogP contribution in [0.3, 0.4) is 0 Å². The van der Waals surface area contributed by atoms with Crippen molar-refractivity contribution in [1.82, 2.24) is 4.98 Å². The monoisotopic (exact) mass is 707 g/mol. The minimum Gasteiger partial charge on any atom is -0.368 e. The van der Waals surface area contributed by atoms with Crippen LogP contribution in [0.15, 0.2) is 150 Å². The Morgan fingerprint density at radius 2 is 0.940 bits per heavy atom. The highest BCUT2D eigenvalue weighted by Crippen LogP contribution is 2.38. The molecular formula is C40H37NO7S2. The highest BCUT2D eigenvalue weighted by atomic mass is 32.2. The molecule has 8 nitrogen and oxygen atoms in total. The third kappa shape index (κ3) is 8.20. The average molecular weight is 708 g/mol. The van der Waals surface area contributed by atoms with E-state index in [4.69, 9.17) is 23.7 Å². The van der Waals surface area contributed by atoms with Crippen LogP contribution in [0.5, 0.6) is 0 Å². The zero-order valence-corrected chi connectivity index (χ0v) is 28.8. The summed E-state index contributed by atoms with van der Waals surface area (Å²) in [5, 5.41) is 0. The van der Waals surface area contributed by atoms with Gasteiger partial charge in [0, 0.05) is 0 Å². The zero-order chi connectivity index (χ0) is 34.2.